The van der Waals surface area contributed by atoms with Crippen molar-refractivity contribution in [3.05, 3.63) is 0 Å². The number of carbonyl (C=O) groups is 2. The summed E-state index contributed by atoms with van der Waals surface area (Å²) in [7, 11) is 0. The van der Waals surface area contributed by atoms with Crippen molar-refractivity contribution in [3.8, 4) is 0 Å². The molecule has 80 valence electrons. The highest BCUT2D eigenvalue weighted by atomic mass is 16.4. The Hall–Kier alpha value is -1.10. The Morgan fingerprint density at radius 1 is 1.43 bits per heavy atom. The second kappa shape index (κ2) is 4.95. The number of hydrogen-bond donors (Lipinski definition) is 2. The number of hydrogen-bond acceptors (Lipinski definition) is 3. The van der Waals surface area contributed by atoms with Gasteiger partial charge in [0.05, 0.1) is 6.54 Å². The highest BCUT2D eigenvalue weighted by Crippen LogP contribution is 2.06. The van der Waals surface area contributed by atoms with Crippen molar-refractivity contribution < 1.29 is 14.7 Å². The van der Waals surface area contributed by atoms with E-state index < -0.39 is 12.0 Å². The Balaban J connectivity index is 2.23. The number of carboxylic acids is 1. The van der Waals surface area contributed by atoms with Crippen LogP contribution in [0.3, 0.4) is 0 Å². The van der Waals surface area contributed by atoms with Gasteiger partial charge < -0.3 is 10.0 Å². The quantitative estimate of drug-likeness (QED) is 0.652. The van der Waals surface area contributed by atoms with E-state index in [1.807, 2.05) is 0 Å². The van der Waals surface area contributed by atoms with Crippen molar-refractivity contribution in [2.45, 2.75) is 25.8 Å². The maximum Gasteiger partial charge on any atom is 0.320 e. The van der Waals surface area contributed by atoms with Crippen LogP contribution in [0.15, 0.2) is 0 Å². The molecule has 0 aromatic heterocycles. The van der Waals surface area contributed by atoms with Gasteiger partial charge in [0.25, 0.3) is 0 Å². The summed E-state index contributed by atoms with van der Waals surface area (Å²) in [5.41, 5.74) is 0. The van der Waals surface area contributed by atoms with Crippen molar-refractivity contribution >= 4 is 11.9 Å². The Morgan fingerprint density at radius 3 is 2.50 bits per heavy atom. The summed E-state index contributed by atoms with van der Waals surface area (Å²) in [6.45, 7) is 3.26. The Morgan fingerprint density at radius 2 is 2.00 bits per heavy atom. The highest BCUT2D eigenvalue weighted by Gasteiger charge is 2.19. The van der Waals surface area contributed by atoms with Gasteiger partial charge in [-0.05, 0) is 19.8 Å². The van der Waals surface area contributed by atoms with Gasteiger partial charge in [0, 0.05) is 13.1 Å². The molecule has 14 heavy (non-hydrogen) atoms. The molecule has 1 heterocycles. The van der Waals surface area contributed by atoms with Gasteiger partial charge in [0.1, 0.15) is 6.04 Å². The number of aliphatic carboxylic acids is 1. The van der Waals surface area contributed by atoms with Gasteiger partial charge in [-0.1, -0.05) is 0 Å². The molecule has 2 N–H and O–H groups in total. The van der Waals surface area contributed by atoms with E-state index in [1.165, 1.54) is 6.92 Å². The molecule has 5 heteroatoms. The van der Waals surface area contributed by atoms with E-state index in [2.05, 4.69) is 5.32 Å². The molecular weight excluding hydrogens is 184 g/mol. The fourth-order valence-corrected chi connectivity index (χ4v) is 1.41. The van der Waals surface area contributed by atoms with Gasteiger partial charge in [-0.15, -0.1) is 0 Å². The van der Waals surface area contributed by atoms with Crippen molar-refractivity contribution in [1.29, 1.82) is 0 Å². The Kier molecular flexibility index (Phi) is 3.88. The van der Waals surface area contributed by atoms with Crippen molar-refractivity contribution in [2.24, 2.45) is 0 Å². The van der Waals surface area contributed by atoms with E-state index in [4.69, 9.17) is 5.11 Å². The highest BCUT2D eigenvalue weighted by molar-refractivity contribution is 5.80. The normalized spacial score (nSPS) is 18.2. The molecule has 0 radical (unpaired) electrons. The SMILES string of the molecule is C[C@@H](NCC(=O)N1CCCC1)C(=O)O. The third-order valence-electron chi connectivity index (χ3n) is 2.39. The van der Waals surface area contributed by atoms with Crippen LogP contribution in [0.5, 0.6) is 0 Å². The summed E-state index contributed by atoms with van der Waals surface area (Å²) >= 11 is 0. The summed E-state index contributed by atoms with van der Waals surface area (Å²) < 4.78 is 0. The van der Waals surface area contributed by atoms with Gasteiger partial charge in [-0.3, -0.25) is 14.9 Å². The summed E-state index contributed by atoms with van der Waals surface area (Å²) in [6, 6.07) is -0.665. The molecule has 0 saturated carbocycles. The van der Waals surface area contributed by atoms with Gasteiger partial charge in [0.15, 0.2) is 0 Å². The van der Waals surface area contributed by atoms with Crippen molar-refractivity contribution in [3.63, 3.8) is 0 Å². The first-order chi connectivity index (χ1) is 6.61. The van der Waals surface area contributed by atoms with Gasteiger partial charge in [-0.25, -0.2) is 0 Å². The average molecular weight is 200 g/mol. The van der Waals surface area contributed by atoms with E-state index in [0.29, 0.717) is 0 Å². The predicted molar refractivity (Wildman–Crippen MR) is 50.9 cm³/mol. The topological polar surface area (TPSA) is 69.6 Å². The number of carboxylic acid groups (broad SMARTS) is 1. The zero-order valence-electron chi connectivity index (χ0n) is 8.32. The molecule has 1 atom stereocenters. The number of nitrogens with one attached hydrogen (secondary N) is 1. The third kappa shape index (κ3) is 2.99. The molecule has 1 rings (SSSR count). The lowest BCUT2D eigenvalue weighted by molar-refractivity contribution is -0.139. The minimum absolute atomic E-state index is 0.00407. The summed E-state index contributed by atoms with van der Waals surface area (Å²) in [6.07, 6.45) is 2.11. The first-order valence-electron chi connectivity index (χ1n) is 4.85. The largest absolute Gasteiger partial charge is 0.480 e. The standard InChI is InChI=1S/C9H16N2O3/c1-7(9(13)14)10-6-8(12)11-4-2-3-5-11/h7,10H,2-6H2,1H3,(H,13,14)/t7-/m1/s1. The number of rotatable bonds is 4. The van der Waals surface area contributed by atoms with E-state index in [9.17, 15) is 9.59 Å². The molecule has 0 aliphatic carbocycles. The minimum atomic E-state index is -0.931. The molecule has 0 unspecified atom stereocenters. The molecule has 1 fully saturated rings. The third-order valence-corrected chi connectivity index (χ3v) is 2.39. The monoisotopic (exact) mass is 200 g/mol. The smallest absolute Gasteiger partial charge is 0.320 e. The lowest BCUT2D eigenvalue weighted by Crippen LogP contribution is -2.42. The number of likely N-dealkylation sites (tertiary alicyclic amines) is 1. The molecule has 5 nitrogen and oxygen atoms in total. The minimum Gasteiger partial charge on any atom is -0.480 e. The molecule has 0 aromatic rings. The Labute approximate surface area is 83.1 Å². The molecule has 1 aliphatic rings. The second-order valence-electron chi connectivity index (χ2n) is 3.53. The summed E-state index contributed by atoms with van der Waals surface area (Å²) in [5, 5.41) is 11.2. The van der Waals surface area contributed by atoms with Crippen molar-refractivity contribution in [2.75, 3.05) is 19.6 Å². The molecule has 1 amide bonds. The van der Waals surface area contributed by atoms with Crippen LogP contribution < -0.4 is 5.32 Å². The molecule has 1 aliphatic heterocycles. The number of amides is 1. The molecular formula is C9H16N2O3. The van der Waals surface area contributed by atoms with E-state index >= 15 is 0 Å². The zero-order chi connectivity index (χ0) is 10.6. The van der Waals surface area contributed by atoms with Crippen LogP contribution in [0.4, 0.5) is 0 Å². The summed E-state index contributed by atoms with van der Waals surface area (Å²) in [5.74, 6) is -0.935. The van der Waals surface area contributed by atoms with Crippen LogP contribution in [-0.4, -0.2) is 47.6 Å². The van der Waals surface area contributed by atoms with Crippen LogP contribution in [0.25, 0.3) is 0 Å². The van der Waals surface area contributed by atoms with Gasteiger partial charge in [0.2, 0.25) is 5.91 Å². The van der Waals surface area contributed by atoms with E-state index in [-0.39, 0.29) is 12.5 Å². The van der Waals surface area contributed by atoms with Crippen LogP contribution in [0.2, 0.25) is 0 Å². The lowest BCUT2D eigenvalue weighted by Gasteiger charge is -2.16. The molecule has 1 saturated heterocycles. The van der Waals surface area contributed by atoms with Crippen molar-refractivity contribution in [1.82, 2.24) is 10.2 Å². The van der Waals surface area contributed by atoms with Gasteiger partial charge in [-0.2, -0.15) is 0 Å². The molecule has 0 aromatic carbocycles. The van der Waals surface area contributed by atoms with Gasteiger partial charge >= 0.3 is 5.97 Å². The van der Waals surface area contributed by atoms with E-state index in [0.717, 1.165) is 25.9 Å². The first-order valence-corrected chi connectivity index (χ1v) is 4.85. The van der Waals surface area contributed by atoms with Crippen LogP contribution in [0, 0.1) is 0 Å². The predicted octanol–water partition coefficient (Wildman–Crippen LogP) is -0.328. The van der Waals surface area contributed by atoms with Crippen LogP contribution in [-0.2, 0) is 9.59 Å². The maximum absolute atomic E-state index is 11.4. The second-order valence-corrected chi connectivity index (χ2v) is 3.53. The Bertz CT molecular complexity index is 224. The first kappa shape index (κ1) is 11.0. The average Bonchev–Trinajstić information content (AvgIpc) is 2.66. The van der Waals surface area contributed by atoms with E-state index in [1.54, 1.807) is 4.90 Å². The van der Waals surface area contributed by atoms with Crippen LogP contribution in [0.1, 0.15) is 19.8 Å². The fraction of sp³-hybridized carbons (Fsp3) is 0.778. The maximum atomic E-state index is 11.4. The molecule has 0 spiro atoms. The zero-order valence-corrected chi connectivity index (χ0v) is 8.32. The fourth-order valence-electron chi connectivity index (χ4n) is 1.41. The summed E-state index contributed by atoms with van der Waals surface area (Å²) in [4.78, 5) is 23.7. The number of nitrogens with zero attached hydrogens (tertiary/aromatic N) is 1. The molecule has 0 bridgehead atoms. The lowest BCUT2D eigenvalue weighted by atomic mass is 10.3. The number of carbonyl (C=O) groups excluding carboxylic acids is 1. The van der Waals surface area contributed by atoms with Crippen LogP contribution >= 0.6 is 0 Å².